The van der Waals surface area contributed by atoms with Crippen LogP contribution in [0.4, 0.5) is 19.1 Å². The fourth-order valence-electron chi connectivity index (χ4n) is 3.84. The molecule has 34 heavy (non-hydrogen) atoms. The van der Waals surface area contributed by atoms with Crippen LogP contribution in [0.15, 0.2) is 4.79 Å². The molecule has 1 fully saturated rings. The second-order valence-electron chi connectivity index (χ2n) is 7.72. The summed E-state index contributed by atoms with van der Waals surface area (Å²) in [5.41, 5.74) is 4.98. The van der Waals surface area contributed by atoms with Crippen LogP contribution in [-0.2, 0) is 30.3 Å². The van der Waals surface area contributed by atoms with E-state index in [1.165, 1.54) is 4.57 Å². The highest BCUT2D eigenvalue weighted by Crippen LogP contribution is 2.39. The summed E-state index contributed by atoms with van der Waals surface area (Å²) in [7, 11) is 0. The number of ether oxygens (including phenoxy) is 3. The summed E-state index contributed by atoms with van der Waals surface area (Å²) in [6.45, 7) is 3.98. The van der Waals surface area contributed by atoms with E-state index in [0.717, 1.165) is 24.8 Å². The van der Waals surface area contributed by atoms with E-state index < -0.39 is 54.8 Å². The SMILES string of the molecule is CCCCn1c(=O)n([C@@H]2O[C@H](C(OC(C)=O)C(F)(F)F)C[C@H]2OC(C)=O)c2nc(N)nc(Cl)c21. The summed E-state index contributed by atoms with van der Waals surface area (Å²) in [5.74, 6) is -2.28. The van der Waals surface area contributed by atoms with Gasteiger partial charge in [0.1, 0.15) is 17.7 Å². The largest absolute Gasteiger partial charge is 0.458 e. The lowest BCUT2D eigenvalue weighted by Crippen LogP contribution is -2.43. The number of hydrogen-bond donors (Lipinski definition) is 1. The number of halogens is 4. The highest BCUT2D eigenvalue weighted by atomic mass is 35.5. The number of imidazole rings is 1. The van der Waals surface area contributed by atoms with Gasteiger partial charge in [-0.3, -0.25) is 14.2 Å². The number of unbranched alkanes of at least 4 members (excludes halogenated alkanes) is 1. The maximum Gasteiger partial charge on any atom is 0.428 e. The zero-order valence-electron chi connectivity index (χ0n) is 18.5. The number of esters is 2. The summed E-state index contributed by atoms with van der Waals surface area (Å²) < 4.78 is 58.3. The zero-order valence-corrected chi connectivity index (χ0v) is 19.2. The Balaban J connectivity index is 2.16. The van der Waals surface area contributed by atoms with Gasteiger partial charge in [0.25, 0.3) is 0 Å². The zero-order chi connectivity index (χ0) is 25.4. The number of hydrogen-bond acceptors (Lipinski definition) is 9. The third-order valence-electron chi connectivity index (χ3n) is 5.13. The third kappa shape index (κ3) is 5.12. The summed E-state index contributed by atoms with van der Waals surface area (Å²) in [4.78, 5) is 44.3. The van der Waals surface area contributed by atoms with Crippen molar-refractivity contribution in [1.82, 2.24) is 19.1 Å². The predicted molar refractivity (Wildman–Crippen MR) is 112 cm³/mol. The Morgan fingerprint density at radius 1 is 1.29 bits per heavy atom. The first-order valence-corrected chi connectivity index (χ1v) is 10.7. The lowest BCUT2D eigenvalue weighted by Gasteiger charge is -2.25. The van der Waals surface area contributed by atoms with Crippen molar-refractivity contribution >= 4 is 40.7 Å². The van der Waals surface area contributed by atoms with E-state index in [0.29, 0.717) is 6.42 Å². The Hall–Kier alpha value is -2.87. The first-order valence-electron chi connectivity index (χ1n) is 10.4. The van der Waals surface area contributed by atoms with Crippen LogP contribution < -0.4 is 11.4 Å². The summed E-state index contributed by atoms with van der Waals surface area (Å²) in [6.07, 6.45) is -11.5. The molecule has 4 atom stereocenters. The molecule has 3 heterocycles. The average molecular weight is 510 g/mol. The van der Waals surface area contributed by atoms with Crippen molar-refractivity contribution in [2.75, 3.05) is 5.73 Å². The minimum atomic E-state index is -4.98. The van der Waals surface area contributed by atoms with Crippen LogP contribution in [0, 0.1) is 0 Å². The van der Waals surface area contributed by atoms with E-state index in [4.69, 9.17) is 26.8 Å². The Morgan fingerprint density at radius 3 is 2.53 bits per heavy atom. The smallest absolute Gasteiger partial charge is 0.428 e. The van der Waals surface area contributed by atoms with Gasteiger partial charge in [-0.2, -0.15) is 23.1 Å². The normalized spacial score (nSPS) is 21.6. The van der Waals surface area contributed by atoms with Crippen LogP contribution in [0.1, 0.15) is 46.3 Å². The maximum atomic E-state index is 13.6. The molecule has 1 saturated heterocycles. The molecule has 0 radical (unpaired) electrons. The number of carbonyl (C=O) groups excluding carboxylic acids is 2. The molecule has 3 rings (SSSR count). The monoisotopic (exact) mass is 509 g/mol. The number of fused-ring (bicyclic) bond motifs is 1. The van der Waals surface area contributed by atoms with Crippen LogP contribution in [0.5, 0.6) is 0 Å². The van der Waals surface area contributed by atoms with Crippen LogP contribution in [-0.4, -0.2) is 55.5 Å². The molecule has 0 aliphatic carbocycles. The van der Waals surface area contributed by atoms with Gasteiger partial charge >= 0.3 is 23.8 Å². The molecule has 0 bridgehead atoms. The van der Waals surface area contributed by atoms with E-state index in [1.54, 1.807) is 0 Å². The fourth-order valence-corrected chi connectivity index (χ4v) is 4.12. The molecule has 1 unspecified atom stereocenters. The van der Waals surface area contributed by atoms with Gasteiger partial charge in [-0.1, -0.05) is 24.9 Å². The highest BCUT2D eigenvalue weighted by molar-refractivity contribution is 6.33. The molecule has 2 aromatic heterocycles. The molecule has 188 valence electrons. The van der Waals surface area contributed by atoms with Crippen LogP contribution in [0.25, 0.3) is 11.2 Å². The van der Waals surface area contributed by atoms with E-state index in [2.05, 4.69) is 14.7 Å². The number of aromatic nitrogens is 4. The van der Waals surface area contributed by atoms with Crippen molar-refractivity contribution in [3.63, 3.8) is 0 Å². The van der Waals surface area contributed by atoms with Gasteiger partial charge in [-0.25, -0.2) is 9.36 Å². The third-order valence-corrected chi connectivity index (χ3v) is 5.40. The summed E-state index contributed by atoms with van der Waals surface area (Å²) in [5, 5.41) is -0.138. The molecule has 15 heteroatoms. The molecule has 2 aromatic rings. The first kappa shape index (κ1) is 25.7. The van der Waals surface area contributed by atoms with Gasteiger partial charge in [0.2, 0.25) is 12.1 Å². The number of nitrogen functional groups attached to an aromatic ring is 1. The molecular formula is C19H23ClF3N5O6. The molecule has 1 aliphatic rings. The standard InChI is InChI=1S/C19H23ClF3N5O6/c1-4-5-6-27-12-14(20)25-17(24)26-15(12)28(18(27)31)16-11(32-8(2)29)7-10(34-16)13(19(21,22)23)33-9(3)30/h10-11,13,16H,4-7H2,1-3H3,(H2,24,25,26)/t10-,11+,13?,16+/m0/s1. The molecule has 0 spiro atoms. The van der Waals surface area contributed by atoms with E-state index in [-0.39, 0.29) is 28.8 Å². The van der Waals surface area contributed by atoms with Gasteiger partial charge in [-0.05, 0) is 6.42 Å². The predicted octanol–water partition coefficient (Wildman–Crippen LogP) is 2.34. The highest BCUT2D eigenvalue weighted by Gasteiger charge is 2.54. The van der Waals surface area contributed by atoms with Crippen LogP contribution >= 0.6 is 11.6 Å². The van der Waals surface area contributed by atoms with Crippen molar-refractivity contribution in [2.45, 2.75) is 77.3 Å². The molecule has 0 amide bonds. The summed E-state index contributed by atoms with van der Waals surface area (Å²) in [6, 6.07) is 0. The van der Waals surface area contributed by atoms with Crippen LogP contribution in [0.3, 0.4) is 0 Å². The first-order chi connectivity index (χ1) is 15.8. The number of carbonyl (C=O) groups is 2. The molecule has 0 saturated carbocycles. The second kappa shape index (κ2) is 9.78. The summed E-state index contributed by atoms with van der Waals surface area (Å²) >= 11 is 6.22. The Bertz CT molecular complexity index is 1150. The number of aryl methyl sites for hydroxylation is 1. The van der Waals surface area contributed by atoms with E-state index in [1.807, 2.05) is 6.92 Å². The Morgan fingerprint density at radius 2 is 1.97 bits per heavy atom. The quantitative estimate of drug-likeness (QED) is 0.439. The lowest BCUT2D eigenvalue weighted by molar-refractivity contribution is -0.248. The lowest BCUT2D eigenvalue weighted by atomic mass is 10.1. The number of rotatable bonds is 7. The van der Waals surface area contributed by atoms with Gasteiger partial charge in [0.15, 0.2) is 17.0 Å². The number of nitrogens with two attached hydrogens (primary N) is 1. The second-order valence-corrected chi connectivity index (χ2v) is 8.08. The average Bonchev–Trinajstić information content (AvgIpc) is 3.20. The molecule has 1 aliphatic heterocycles. The van der Waals surface area contributed by atoms with Crippen molar-refractivity contribution < 1.29 is 37.0 Å². The van der Waals surface area contributed by atoms with E-state index >= 15 is 0 Å². The van der Waals surface area contributed by atoms with E-state index in [9.17, 15) is 27.6 Å². The van der Waals surface area contributed by atoms with Crippen molar-refractivity contribution in [2.24, 2.45) is 0 Å². The molecule has 11 nitrogen and oxygen atoms in total. The molecular weight excluding hydrogens is 487 g/mol. The minimum absolute atomic E-state index is 0.0996. The molecule has 0 aromatic carbocycles. The number of anilines is 1. The van der Waals surface area contributed by atoms with Gasteiger partial charge in [0.05, 0.1) is 0 Å². The Labute approximate surface area is 195 Å². The fraction of sp³-hybridized carbons (Fsp3) is 0.632. The van der Waals surface area contributed by atoms with Crippen LogP contribution in [0.2, 0.25) is 5.15 Å². The van der Waals surface area contributed by atoms with Gasteiger partial charge < -0.3 is 19.9 Å². The Kier molecular flexibility index (Phi) is 7.41. The maximum absolute atomic E-state index is 13.6. The number of alkyl halides is 3. The minimum Gasteiger partial charge on any atom is -0.458 e. The number of nitrogens with zero attached hydrogens (tertiary/aromatic N) is 4. The topological polar surface area (TPSA) is 141 Å². The molecule has 2 N–H and O–H groups in total. The van der Waals surface area contributed by atoms with Gasteiger partial charge in [-0.15, -0.1) is 0 Å². The van der Waals surface area contributed by atoms with Crippen molar-refractivity contribution in [3.05, 3.63) is 15.6 Å². The van der Waals surface area contributed by atoms with Crippen molar-refractivity contribution in [3.8, 4) is 0 Å². The van der Waals surface area contributed by atoms with Crippen molar-refractivity contribution in [1.29, 1.82) is 0 Å². The van der Waals surface area contributed by atoms with Gasteiger partial charge in [0, 0.05) is 26.8 Å².